The van der Waals surface area contributed by atoms with Gasteiger partial charge in [0.05, 0.1) is 34.4 Å². The number of carbonyl (C=O) groups excluding carboxylic acids is 3. The van der Waals surface area contributed by atoms with Crippen LogP contribution in [0.1, 0.15) is 290 Å². The number of hydrogen-bond acceptors (Lipinski definition) is 11. The highest BCUT2D eigenvalue weighted by molar-refractivity contribution is 7.47. The summed E-state index contributed by atoms with van der Waals surface area (Å²) in [4.78, 5) is 46.7. The van der Waals surface area contributed by atoms with Gasteiger partial charge in [-0.25, -0.2) is 4.57 Å². The minimum Gasteiger partial charge on any atom is -0.463 e. The molecule has 2 unspecified atom stereocenters. The molecule has 0 aromatic heterocycles. The van der Waals surface area contributed by atoms with Crippen LogP contribution in [-0.4, -0.2) is 110 Å². The molecule has 14 heteroatoms. The van der Waals surface area contributed by atoms with Crippen molar-refractivity contribution in [3.05, 3.63) is 36.5 Å². The molecular formula is C65H125NO12P+. The fraction of sp³-hybridized carbons (Fsp3) is 0.862. The standard InChI is InChI=1S/C44H84NO8P.C21H40O4/c1-6-8-10-12-14-16-18-20-22-24-26-28-30-32-34-36-43(46)50-40-42(41-52-54(48,49)51-39-38-45(3,4)5)53-44(47)37-35-33-31-29-27-25-23-21-19-17-15-13-11-9-7-2;1-2-3-4-5-6-7-8-9-10-11-12-13-14-15-16-17-21(24)25-19-20(23)18-22/h20-23,42H,6-19,24-41H2,1-5H3;9-10,20,22-23H,2-8,11-19H2,1H3/p+1/b22-20-,23-21-;10-9-/t42-;/m1./s1. The SMILES string of the molecule is CCCCCCCC/C=C\CCCCCCCC(=O)OCC(O)CO.CCCCCCCC/C=C\CCCCCCCC(=O)OC[C@H](COP(=O)(O)OCC[N+](C)(C)C)OC(=O)CCCCCCC/C=C\CCCCCCCC. The van der Waals surface area contributed by atoms with Gasteiger partial charge in [0.1, 0.15) is 32.5 Å². The van der Waals surface area contributed by atoms with E-state index in [-0.39, 0.29) is 51.2 Å². The smallest absolute Gasteiger partial charge is 0.463 e. The van der Waals surface area contributed by atoms with Gasteiger partial charge in [-0.1, -0.05) is 211 Å². The van der Waals surface area contributed by atoms with Crippen molar-refractivity contribution in [3.8, 4) is 0 Å². The number of aliphatic hydroxyl groups excluding tert-OH is 2. The summed E-state index contributed by atoms with van der Waals surface area (Å²) in [7, 11) is 1.47. The van der Waals surface area contributed by atoms with Gasteiger partial charge in [-0.05, 0) is 96.3 Å². The van der Waals surface area contributed by atoms with Gasteiger partial charge < -0.3 is 33.8 Å². The molecule has 0 saturated carbocycles. The van der Waals surface area contributed by atoms with Crippen molar-refractivity contribution in [1.82, 2.24) is 0 Å². The van der Waals surface area contributed by atoms with Gasteiger partial charge in [-0.2, -0.15) is 0 Å². The number of unbranched alkanes of at least 4 members (excludes halogenated alkanes) is 33. The van der Waals surface area contributed by atoms with Gasteiger partial charge in [0, 0.05) is 19.3 Å². The Bertz CT molecular complexity index is 1480. The number of ether oxygens (including phenoxy) is 3. The predicted molar refractivity (Wildman–Crippen MR) is 328 cm³/mol. The van der Waals surface area contributed by atoms with E-state index in [1.54, 1.807) is 0 Å². The highest BCUT2D eigenvalue weighted by Gasteiger charge is 2.27. The van der Waals surface area contributed by atoms with Gasteiger partial charge in [-0.15, -0.1) is 0 Å². The molecule has 0 aliphatic carbocycles. The number of esters is 3. The van der Waals surface area contributed by atoms with Crippen LogP contribution >= 0.6 is 7.82 Å². The topological polar surface area (TPSA) is 175 Å². The number of rotatable bonds is 58. The zero-order chi connectivity index (χ0) is 58.6. The molecule has 0 aromatic carbocycles. The summed E-state index contributed by atoms with van der Waals surface area (Å²) in [6.45, 7) is 6.17. The van der Waals surface area contributed by atoms with Crippen LogP contribution in [-0.2, 0) is 42.2 Å². The van der Waals surface area contributed by atoms with Crippen LogP contribution in [0.5, 0.6) is 0 Å². The van der Waals surface area contributed by atoms with Crippen LogP contribution in [0.4, 0.5) is 0 Å². The van der Waals surface area contributed by atoms with Crippen molar-refractivity contribution in [2.75, 3.05) is 60.7 Å². The maximum absolute atomic E-state index is 12.7. The van der Waals surface area contributed by atoms with Crippen molar-refractivity contribution in [2.45, 2.75) is 303 Å². The van der Waals surface area contributed by atoms with E-state index in [0.29, 0.717) is 23.9 Å². The molecule has 0 aromatic rings. The van der Waals surface area contributed by atoms with Crippen LogP contribution < -0.4 is 0 Å². The van der Waals surface area contributed by atoms with E-state index in [1.807, 2.05) is 21.1 Å². The largest absolute Gasteiger partial charge is 0.472 e. The number of likely N-dealkylation sites (N-methyl/N-ethyl adjacent to an activating group) is 1. The third kappa shape index (κ3) is 66.3. The Morgan fingerprint density at radius 2 is 0.734 bits per heavy atom. The number of carbonyl (C=O) groups is 3. The number of quaternary nitrogens is 1. The van der Waals surface area contributed by atoms with E-state index in [9.17, 15) is 23.8 Å². The molecule has 0 amide bonds. The first-order chi connectivity index (χ1) is 38.2. The number of phosphoric ester groups is 1. The summed E-state index contributed by atoms with van der Waals surface area (Å²) in [6.07, 6.45) is 59.4. The third-order valence-corrected chi connectivity index (χ3v) is 14.7. The molecule has 3 N–H and O–H groups in total. The molecule has 0 bridgehead atoms. The summed E-state index contributed by atoms with van der Waals surface area (Å²) in [5.74, 6) is -1.10. The first-order valence-corrected chi connectivity index (χ1v) is 33.9. The van der Waals surface area contributed by atoms with Crippen LogP contribution in [0.15, 0.2) is 36.5 Å². The van der Waals surface area contributed by atoms with E-state index < -0.39 is 32.6 Å². The van der Waals surface area contributed by atoms with E-state index in [1.165, 1.54) is 148 Å². The molecule has 0 heterocycles. The van der Waals surface area contributed by atoms with E-state index >= 15 is 0 Å². The minimum atomic E-state index is -4.37. The van der Waals surface area contributed by atoms with Crippen LogP contribution in [0, 0.1) is 0 Å². The Morgan fingerprint density at radius 1 is 0.430 bits per heavy atom. The first-order valence-electron chi connectivity index (χ1n) is 32.4. The van der Waals surface area contributed by atoms with Gasteiger partial charge in [0.15, 0.2) is 6.10 Å². The zero-order valence-corrected chi connectivity index (χ0v) is 52.9. The molecule has 0 aliphatic rings. The second-order valence-corrected chi connectivity index (χ2v) is 24.4. The number of hydrogen-bond donors (Lipinski definition) is 3. The van der Waals surface area contributed by atoms with Gasteiger partial charge in [0.25, 0.3) is 0 Å². The fourth-order valence-corrected chi connectivity index (χ4v) is 9.34. The lowest BCUT2D eigenvalue weighted by atomic mass is 10.1. The molecule has 0 saturated heterocycles. The molecule has 0 rings (SSSR count). The molecule has 13 nitrogen and oxygen atoms in total. The van der Waals surface area contributed by atoms with Gasteiger partial charge >= 0.3 is 25.7 Å². The van der Waals surface area contributed by atoms with Gasteiger partial charge in [-0.3, -0.25) is 23.4 Å². The predicted octanol–water partition coefficient (Wildman–Crippen LogP) is 17.3. The highest BCUT2D eigenvalue weighted by atomic mass is 31.2. The summed E-state index contributed by atoms with van der Waals surface area (Å²) in [5.41, 5.74) is 0. The summed E-state index contributed by atoms with van der Waals surface area (Å²) in [5, 5.41) is 17.7. The van der Waals surface area contributed by atoms with Crippen LogP contribution in [0.3, 0.4) is 0 Å². The summed E-state index contributed by atoms with van der Waals surface area (Å²) < 4.78 is 39.1. The van der Waals surface area contributed by atoms with E-state index in [4.69, 9.17) is 33.5 Å². The normalized spacial score (nSPS) is 13.4. The Morgan fingerprint density at radius 3 is 1.06 bits per heavy atom. The molecule has 3 atom stereocenters. The summed E-state index contributed by atoms with van der Waals surface area (Å²) in [6, 6.07) is 0. The summed E-state index contributed by atoms with van der Waals surface area (Å²) >= 11 is 0. The number of phosphoric acid groups is 1. The Kier molecular flexibility index (Phi) is 60.0. The average molecular weight is 1140 g/mol. The quantitative estimate of drug-likeness (QED) is 0.0131. The zero-order valence-electron chi connectivity index (χ0n) is 52.0. The van der Waals surface area contributed by atoms with Crippen LogP contribution in [0.2, 0.25) is 0 Å². The Labute approximate surface area is 485 Å². The minimum absolute atomic E-state index is 0.0299. The maximum Gasteiger partial charge on any atom is 0.472 e. The lowest BCUT2D eigenvalue weighted by molar-refractivity contribution is -0.870. The van der Waals surface area contributed by atoms with E-state index in [0.717, 1.165) is 96.3 Å². The number of nitrogens with zero attached hydrogens (tertiary/aromatic N) is 1. The molecule has 466 valence electrons. The Balaban J connectivity index is 0. The maximum atomic E-state index is 12.7. The van der Waals surface area contributed by atoms with Crippen molar-refractivity contribution in [1.29, 1.82) is 0 Å². The molecule has 0 fully saturated rings. The molecule has 79 heavy (non-hydrogen) atoms. The number of aliphatic hydroxyl groups is 2. The molecule has 0 radical (unpaired) electrons. The highest BCUT2D eigenvalue weighted by Crippen LogP contribution is 2.43. The number of allylic oxidation sites excluding steroid dienone is 6. The van der Waals surface area contributed by atoms with Crippen molar-refractivity contribution < 1.29 is 61.8 Å². The third-order valence-electron chi connectivity index (χ3n) is 13.7. The van der Waals surface area contributed by atoms with Crippen molar-refractivity contribution >= 4 is 25.7 Å². The van der Waals surface area contributed by atoms with E-state index in [2.05, 4.69) is 57.2 Å². The molecular weight excluding hydrogens is 1020 g/mol. The second-order valence-electron chi connectivity index (χ2n) is 22.9. The Hall–Kier alpha value is -2.38. The lowest BCUT2D eigenvalue weighted by Gasteiger charge is -2.24. The lowest BCUT2D eigenvalue weighted by Crippen LogP contribution is -2.37. The average Bonchev–Trinajstić information content (AvgIpc) is 3.41. The van der Waals surface area contributed by atoms with Crippen molar-refractivity contribution in [2.24, 2.45) is 0 Å². The first kappa shape index (κ1) is 78.7. The van der Waals surface area contributed by atoms with Gasteiger partial charge in [0.2, 0.25) is 0 Å². The molecule has 0 spiro atoms. The monoisotopic (exact) mass is 1140 g/mol. The molecule has 0 aliphatic heterocycles. The van der Waals surface area contributed by atoms with Crippen molar-refractivity contribution in [3.63, 3.8) is 0 Å². The fourth-order valence-electron chi connectivity index (χ4n) is 8.60. The second kappa shape index (κ2) is 60.2. The van der Waals surface area contributed by atoms with Crippen LogP contribution in [0.25, 0.3) is 0 Å².